The Balaban J connectivity index is 1.53. The van der Waals surface area contributed by atoms with E-state index in [-0.39, 0.29) is 0 Å². The Hall–Kier alpha value is -0.260. The first-order valence-corrected chi connectivity index (χ1v) is 8.62. The molecule has 0 aliphatic heterocycles. The van der Waals surface area contributed by atoms with E-state index >= 15 is 0 Å². The lowest BCUT2D eigenvalue weighted by Gasteiger charge is -2.35. The van der Waals surface area contributed by atoms with E-state index in [0.29, 0.717) is 0 Å². The van der Waals surface area contributed by atoms with Gasteiger partial charge in [-0.2, -0.15) is 0 Å². The Labute approximate surface area is 113 Å². The van der Waals surface area contributed by atoms with Crippen molar-refractivity contribution in [3.63, 3.8) is 0 Å². The fraction of sp³-hybridized carbons (Fsp3) is 0.889. The summed E-state index contributed by atoms with van der Waals surface area (Å²) in [7, 11) is 0. The maximum Gasteiger partial charge on any atom is -0.0203 e. The topological polar surface area (TPSA) is 0 Å². The Morgan fingerprint density at radius 3 is 1.94 bits per heavy atom. The highest BCUT2D eigenvalue weighted by molar-refractivity contribution is 5.11. The molecule has 18 heavy (non-hydrogen) atoms. The van der Waals surface area contributed by atoms with Crippen LogP contribution >= 0.6 is 0 Å². The average Bonchev–Trinajstić information content (AvgIpc) is 2.49. The van der Waals surface area contributed by atoms with E-state index in [1.807, 2.05) is 5.57 Å². The van der Waals surface area contributed by atoms with Crippen molar-refractivity contribution in [3.8, 4) is 0 Å². The lowest BCUT2D eigenvalue weighted by Crippen LogP contribution is -2.21. The second-order valence-corrected chi connectivity index (χ2v) is 7.05. The van der Waals surface area contributed by atoms with Crippen LogP contribution in [-0.2, 0) is 0 Å². The third-order valence-electron chi connectivity index (χ3n) is 5.93. The molecule has 3 aliphatic carbocycles. The first kappa shape index (κ1) is 12.8. The maximum atomic E-state index is 2.68. The van der Waals surface area contributed by atoms with Gasteiger partial charge in [-0.3, -0.25) is 0 Å². The van der Waals surface area contributed by atoms with Crippen LogP contribution in [0.1, 0.15) is 83.5 Å². The Kier molecular flexibility index (Phi) is 4.44. The summed E-state index contributed by atoms with van der Waals surface area (Å²) in [6.45, 7) is 0. The molecule has 0 bridgehead atoms. The molecule has 102 valence electrons. The zero-order valence-corrected chi connectivity index (χ0v) is 12.0. The van der Waals surface area contributed by atoms with Crippen LogP contribution in [0.4, 0.5) is 0 Å². The van der Waals surface area contributed by atoms with Crippen LogP contribution in [0.5, 0.6) is 0 Å². The molecule has 0 aromatic rings. The van der Waals surface area contributed by atoms with E-state index in [0.717, 1.165) is 17.8 Å². The summed E-state index contributed by atoms with van der Waals surface area (Å²) in [5.41, 5.74) is 1.86. The van der Waals surface area contributed by atoms with Crippen LogP contribution < -0.4 is 0 Å². The summed E-state index contributed by atoms with van der Waals surface area (Å²) in [4.78, 5) is 0. The molecule has 0 amide bonds. The molecule has 0 radical (unpaired) electrons. The van der Waals surface area contributed by atoms with Gasteiger partial charge in [0, 0.05) is 0 Å². The van der Waals surface area contributed by atoms with Crippen molar-refractivity contribution in [1.29, 1.82) is 0 Å². The Morgan fingerprint density at radius 2 is 1.33 bits per heavy atom. The average molecular weight is 246 g/mol. The molecule has 0 spiro atoms. The van der Waals surface area contributed by atoms with E-state index in [1.54, 1.807) is 0 Å². The Bertz CT molecular complexity index is 276. The van der Waals surface area contributed by atoms with Crippen LogP contribution in [0, 0.1) is 17.8 Å². The highest BCUT2D eigenvalue weighted by Gasteiger charge is 2.27. The highest BCUT2D eigenvalue weighted by Crippen LogP contribution is 2.41. The lowest BCUT2D eigenvalue weighted by atomic mass is 9.71. The van der Waals surface area contributed by atoms with E-state index in [9.17, 15) is 0 Å². The van der Waals surface area contributed by atoms with Crippen LogP contribution in [0.2, 0.25) is 0 Å². The van der Waals surface area contributed by atoms with E-state index < -0.39 is 0 Å². The molecule has 3 aliphatic rings. The molecular formula is C18H30. The fourth-order valence-electron chi connectivity index (χ4n) is 4.75. The molecule has 0 aromatic heterocycles. The molecule has 0 N–H and O–H groups in total. The molecule has 0 heteroatoms. The smallest absolute Gasteiger partial charge is 0.0203 e. The van der Waals surface area contributed by atoms with Gasteiger partial charge in [-0.15, -0.1) is 0 Å². The summed E-state index contributed by atoms with van der Waals surface area (Å²) in [5, 5.41) is 0. The molecule has 3 rings (SSSR count). The zero-order chi connectivity index (χ0) is 12.2. The predicted octanol–water partition coefficient (Wildman–Crippen LogP) is 5.87. The van der Waals surface area contributed by atoms with Gasteiger partial charge in [0.1, 0.15) is 0 Å². The molecule has 1 unspecified atom stereocenters. The number of hydrogen-bond donors (Lipinski definition) is 0. The van der Waals surface area contributed by atoms with Crippen LogP contribution in [0.3, 0.4) is 0 Å². The first-order valence-electron chi connectivity index (χ1n) is 8.62. The molecule has 2 saturated carbocycles. The summed E-state index contributed by atoms with van der Waals surface area (Å²) in [6.07, 6.45) is 22.2. The summed E-state index contributed by atoms with van der Waals surface area (Å²) in [6, 6.07) is 0. The lowest BCUT2D eigenvalue weighted by molar-refractivity contribution is 0.226. The van der Waals surface area contributed by atoms with E-state index in [2.05, 4.69) is 6.08 Å². The second kappa shape index (κ2) is 6.26. The number of rotatable bonds is 2. The zero-order valence-electron chi connectivity index (χ0n) is 12.0. The van der Waals surface area contributed by atoms with Crippen molar-refractivity contribution in [3.05, 3.63) is 11.6 Å². The number of allylic oxidation sites excluding steroid dienone is 2. The van der Waals surface area contributed by atoms with Crippen LogP contribution in [0.25, 0.3) is 0 Å². The predicted molar refractivity (Wildman–Crippen MR) is 78.6 cm³/mol. The van der Waals surface area contributed by atoms with Gasteiger partial charge in [-0.1, -0.05) is 63.0 Å². The first-order chi connectivity index (χ1) is 8.93. The minimum absolute atomic E-state index is 0.992. The third kappa shape index (κ3) is 3.00. The fourth-order valence-corrected chi connectivity index (χ4v) is 4.75. The van der Waals surface area contributed by atoms with Gasteiger partial charge >= 0.3 is 0 Å². The van der Waals surface area contributed by atoms with Crippen molar-refractivity contribution in [2.45, 2.75) is 83.5 Å². The highest BCUT2D eigenvalue weighted by atomic mass is 14.3. The minimum atomic E-state index is 0.992. The van der Waals surface area contributed by atoms with Crippen LogP contribution in [0.15, 0.2) is 11.6 Å². The van der Waals surface area contributed by atoms with Gasteiger partial charge in [-0.25, -0.2) is 0 Å². The van der Waals surface area contributed by atoms with Crippen molar-refractivity contribution < 1.29 is 0 Å². The Morgan fingerprint density at radius 1 is 0.667 bits per heavy atom. The third-order valence-corrected chi connectivity index (χ3v) is 5.93. The van der Waals surface area contributed by atoms with E-state index in [4.69, 9.17) is 0 Å². The molecule has 0 saturated heterocycles. The van der Waals surface area contributed by atoms with Gasteiger partial charge in [-0.05, 0) is 49.9 Å². The molecule has 0 nitrogen and oxygen atoms in total. The standard InChI is InChI=1S/C18H30/c1-3-7-15(8-4-1)17-11-13-18(14-12-17)16-9-5-2-6-10-16/h11,15-16,18H,1-10,12-14H2. The van der Waals surface area contributed by atoms with Gasteiger partial charge < -0.3 is 0 Å². The molecular weight excluding hydrogens is 216 g/mol. The SMILES string of the molecule is C1=C(C2CCCCC2)CCC(C2CCCCC2)C1. The molecule has 0 heterocycles. The van der Waals surface area contributed by atoms with E-state index in [1.165, 1.54) is 83.5 Å². The van der Waals surface area contributed by atoms with Crippen molar-refractivity contribution in [2.24, 2.45) is 17.8 Å². The molecule has 2 fully saturated rings. The quantitative estimate of drug-likeness (QED) is 0.534. The summed E-state index contributed by atoms with van der Waals surface area (Å²) in [5.74, 6) is 3.13. The van der Waals surface area contributed by atoms with Gasteiger partial charge in [0.25, 0.3) is 0 Å². The minimum Gasteiger partial charge on any atom is -0.0848 e. The van der Waals surface area contributed by atoms with Crippen molar-refractivity contribution in [2.75, 3.05) is 0 Å². The van der Waals surface area contributed by atoms with Gasteiger partial charge in [0.15, 0.2) is 0 Å². The maximum absolute atomic E-state index is 2.68. The van der Waals surface area contributed by atoms with Crippen LogP contribution in [-0.4, -0.2) is 0 Å². The summed E-state index contributed by atoms with van der Waals surface area (Å²) < 4.78 is 0. The second-order valence-electron chi connectivity index (χ2n) is 7.05. The van der Waals surface area contributed by atoms with Gasteiger partial charge in [0.05, 0.1) is 0 Å². The van der Waals surface area contributed by atoms with Gasteiger partial charge in [0.2, 0.25) is 0 Å². The number of hydrogen-bond acceptors (Lipinski definition) is 0. The van der Waals surface area contributed by atoms with Crippen molar-refractivity contribution in [1.82, 2.24) is 0 Å². The molecule has 1 atom stereocenters. The monoisotopic (exact) mass is 246 g/mol. The molecule has 0 aromatic carbocycles. The summed E-state index contributed by atoms with van der Waals surface area (Å²) >= 11 is 0. The largest absolute Gasteiger partial charge is 0.0848 e. The van der Waals surface area contributed by atoms with Crippen molar-refractivity contribution >= 4 is 0 Å². The normalized spacial score (nSPS) is 32.2.